The molecule has 0 bridgehead atoms. The summed E-state index contributed by atoms with van der Waals surface area (Å²) in [7, 11) is 1.52. The first-order chi connectivity index (χ1) is 17.1. The number of carbonyl (C=O) groups is 1. The number of thiocarbonyl (C=S) groups is 1. The standard InChI is InChI=1S/C24H27ClN4O5S/c1-31-22-17(25)3-2-4-19(22)29-24(35)21-18(6-8-27-23(21)30)28-11-15-5-7-26-12-20(15)34-14-16-13-32-9-10-33-16/h2-5,7,12,16,28H,6,8-11,13-14H2,1H3,(H,27,30)(H,29,35). The summed E-state index contributed by atoms with van der Waals surface area (Å²) < 4.78 is 22.4. The molecule has 35 heavy (non-hydrogen) atoms. The second kappa shape index (κ2) is 12.2. The Bertz CT molecular complexity index is 1110. The van der Waals surface area contributed by atoms with E-state index in [0.29, 0.717) is 73.7 Å². The van der Waals surface area contributed by atoms with Crippen molar-refractivity contribution in [2.45, 2.75) is 19.1 Å². The fourth-order valence-corrected chi connectivity index (χ4v) is 4.35. The van der Waals surface area contributed by atoms with Crippen LogP contribution < -0.4 is 25.4 Å². The highest BCUT2D eigenvalue weighted by Crippen LogP contribution is 2.33. The molecule has 0 radical (unpaired) electrons. The summed E-state index contributed by atoms with van der Waals surface area (Å²) in [4.78, 5) is 17.2. The van der Waals surface area contributed by atoms with Gasteiger partial charge in [-0.2, -0.15) is 0 Å². The fourth-order valence-electron chi connectivity index (χ4n) is 3.77. The third-order valence-corrected chi connectivity index (χ3v) is 6.11. The molecule has 1 fully saturated rings. The number of nitrogens with one attached hydrogen (secondary N) is 3. The molecule has 11 heteroatoms. The number of nitrogens with zero attached hydrogens (tertiary/aromatic N) is 1. The maximum absolute atomic E-state index is 12.8. The number of methoxy groups -OCH3 is 1. The molecule has 2 aliphatic heterocycles. The average molecular weight is 519 g/mol. The van der Waals surface area contributed by atoms with Crippen molar-refractivity contribution in [3.05, 3.63) is 58.5 Å². The summed E-state index contributed by atoms with van der Waals surface area (Å²) in [6.07, 6.45) is 3.85. The number of ether oxygens (including phenoxy) is 4. The summed E-state index contributed by atoms with van der Waals surface area (Å²) in [5.74, 6) is 0.840. The van der Waals surface area contributed by atoms with E-state index in [-0.39, 0.29) is 17.0 Å². The van der Waals surface area contributed by atoms with Gasteiger partial charge in [-0.1, -0.05) is 29.9 Å². The molecule has 3 N–H and O–H groups in total. The van der Waals surface area contributed by atoms with Gasteiger partial charge in [0, 0.05) is 37.0 Å². The normalized spacial score (nSPS) is 18.0. The Labute approximate surface area is 214 Å². The zero-order valence-electron chi connectivity index (χ0n) is 19.3. The summed E-state index contributed by atoms with van der Waals surface area (Å²) in [5, 5.41) is 9.77. The molecule has 2 aromatic rings. The van der Waals surface area contributed by atoms with Crippen LogP contribution in [0, 0.1) is 0 Å². The zero-order valence-corrected chi connectivity index (χ0v) is 20.8. The number of anilines is 1. The van der Waals surface area contributed by atoms with Crippen LogP contribution in [0.4, 0.5) is 5.69 Å². The van der Waals surface area contributed by atoms with Crippen molar-refractivity contribution in [2.75, 3.05) is 45.4 Å². The lowest BCUT2D eigenvalue weighted by molar-refractivity contribution is -0.117. The summed E-state index contributed by atoms with van der Waals surface area (Å²) in [6.45, 7) is 2.96. The molecule has 0 aliphatic carbocycles. The number of amides is 1. The van der Waals surface area contributed by atoms with Crippen molar-refractivity contribution in [1.82, 2.24) is 15.6 Å². The lowest BCUT2D eigenvalue weighted by Crippen LogP contribution is -2.39. The van der Waals surface area contributed by atoms with Gasteiger partial charge >= 0.3 is 0 Å². The van der Waals surface area contributed by atoms with Gasteiger partial charge in [0.15, 0.2) is 5.75 Å². The van der Waals surface area contributed by atoms with Crippen LogP contribution in [-0.4, -0.2) is 62.1 Å². The highest BCUT2D eigenvalue weighted by Gasteiger charge is 2.25. The molecule has 2 aliphatic rings. The molecule has 1 saturated heterocycles. The number of hydrogen-bond acceptors (Lipinski definition) is 8. The Morgan fingerprint density at radius 3 is 3.03 bits per heavy atom. The second-order valence-corrected chi connectivity index (χ2v) is 8.67. The van der Waals surface area contributed by atoms with Crippen LogP contribution in [0.2, 0.25) is 5.02 Å². The van der Waals surface area contributed by atoms with Gasteiger partial charge in [-0.25, -0.2) is 0 Å². The molecule has 9 nitrogen and oxygen atoms in total. The van der Waals surface area contributed by atoms with E-state index in [0.717, 1.165) is 11.3 Å². The maximum atomic E-state index is 12.8. The topological polar surface area (TPSA) is 103 Å². The molecule has 1 aromatic heterocycles. The quantitative estimate of drug-likeness (QED) is 0.432. The molecule has 1 atom stereocenters. The highest BCUT2D eigenvalue weighted by molar-refractivity contribution is 7.81. The lowest BCUT2D eigenvalue weighted by atomic mass is 10.1. The number of carbonyl (C=O) groups excluding carboxylic acids is 1. The Balaban J connectivity index is 1.48. The molecule has 0 spiro atoms. The van der Waals surface area contributed by atoms with Gasteiger partial charge in [0.2, 0.25) is 0 Å². The molecule has 1 unspecified atom stereocenters. The third-order valence-electron chi connectivity index (χ3n) is 5.51. The Kier molecular flexibility index (Phi) is 8.75. The van der Waals surface area contributed by atoms with Gasteiger partial charge in [0.25, 0.3) is 5.91 Å². The molecule has 186 valence electrons. The minimum atomic E-state index is -0.252. The number of rotatable bonds is 9. The van der Waals surface area contributed by atoms with Crippen LogP contribution in [0.15, 0.2) is 47.9 Å². The SMILES string of the molecule is COc1c(Cl)cccc1NC(=S)C1=C(NCc2ccncc2OCC2COCCO2)CCNC1=O. The highest BCUT2D eigenvalue weighted by atomic mass is 35.5. The van der Waals surface area contributed by atoms with Crippen LogP contribution in [-0.2, 0) is 20.8 Å². The minimum Gasteiger partial charge on any atom is -0.493 e. The van der Waals surface area contributed by atoms with Crippen LogP contribution >= 0.6 is 23.8 Å². The van der Waals surface area contributed by atoms with E-state index in [2.05, 4.69) is 20.9 Å². The molecule has 3 heterocycles. The van der Waals surface area contributed by atoms with E-state index < -0.39 is 0 Å². The van der Waals surface area contributed by atoms with E-state index >= 15 is 0 Å². The Morgan fingerprint density at radius 2 is 2.23 bits per heavy atom. The summed E-state index contributed by atoms with van der Waals surface area (Å²) in [6, 6.07) is 7.15. The predicted octanol–water partition coefficient (Wildman–Crippen LogP) is 2.84. The number of pyridine rings is 1. The average Bonchev–Trinajstić information content (AvgIpc) is 2.87. The van der Waals surface area contributed by atoms with E-state index in [4.69, 9.17) is 42.8 Å². The largest absolute Gasteiger partial charge is 0.493 e. The monoisotopic (exact) mass is 518 g/mol. The zero-order chi connectivity index (χ0) is 24.6. The van der Waals surface area contributed by atoms with Crippen molar-refractivity contribution in [3.63, 3.8) is 0 Å². The Morgan fingerprint density at radius 1 is 1.34 bits per heavy atom. The van der Waals surface area contributed by atoms with Crippen molar-refractivity contribution in [1.29, 1.82) is 0 Å². The van der Waals surface area contributed by atoms with Gasteiger partial charge in [-0.05, 0) is 18.2 Å². The van der Waals surface area contributed by atoms with Crippen molar-refractivity contribution in [3.8, 4) is 11.5 Å². The first-order valence-corrected chi connectivity index (χ1v) is 12.0. The second-order valence-electron chi connectivity index (χ2n) is 7.85. The van der Waals surface area contributed by atoms with E-state index in [1.807, 2.05) is 6.07 Å². The van der Waals surface area contributed by atoms with Gasteiger partial charge in [0.1, 0.15) is 23.4 Å². The fraction of sp³-hybridized carbons (Fsp3) is 0.375. The van der Waals surface area contributed by atoms with Crippen LogP contribution in [0.3, 0.4) is 0 Å². The van der Waals surface area contributed by atoms with E-state index in [1.54, 1.807) is 30.6 Å². The number of hydrogen-bond donors (Lipinski definition) is 3. The molecule has 1 amide bonds. The van der Waals surface area contributed by atoms with Crippen molar-refractivity contribution < 1.29 is 23.7 Å². The first-order valence-electron chi connectivity index (χ1n) is 11.2. The van der Waals surface area contributed by atoms with E-state index in [9.17, 15) is 4.79 Å². The van der Waals surface area contributed by atoms with Gasteiger partial charge in [-0.3, -0.25) is 9.78 Å². The van der Waals surface area contributed by atoms with Gasteiger partial charge < -0.3 is 34.9 Å². The predicted molar refractivity (Wildman–Crippen MR) is 136 cm³/mol. The third kappa shape index (κ3) is 6.40. The van der Waals surface area contributed by atoms with Crippen molar-refractivity contribution in [2.24, 2.45) is 0 Å². The number of benzene rings is 1. The van der Waals surface area contributed by atoms with Crippen LogP contribution in [0.25, 0.3) is 0 Å². The number of para-hydroxylation sites is 1. The first kappa shape index (κ1) is 25.2. The molecular weight excluding hydrogens is 492 g/mol. The van der Waals surface area contributed by atoms with Gasteiger partial charge in [0.05, 0.1) is 49.4 Å². The number of aromatic nitrogens is 1. The summed E-state index contributed by atoms with van der Waals surface area (Å²) in [5.41, 5.74) is 2.58. The summed E-state index contributed by atoms with van der Waals surface area (Å²) >= 11 is 11.8. The maximum Gasteiger partial charge on any atom is 0.256 e. The molecule has 1 aromatic carbocycles. The number of halogens is 1. The van der Waals surface area contributed by atoms with Crippen molar-refractivity contribution >= 4 is 40.4 Å². The van der Waals surface area contributed by atoms with E-state index in [1.165, 1.54) is 7.11 Å². The van der Waals surface area contributed by atoms with Crippen LogP contribution in [0.1, 0.15) is 12.0 Å². The van der Waals surface area contributed by atoms with Crippen LogP contribution in [0.5, 0.6) is 11.5 Å². The minimum absolute atomic E-state index is 0.118. The molecule has 0 saturated carbocycles. The molecule has 4 rings (SSSR count). The smallest absolute Gasteiger partial charge is 0.256 e. The Hall–Kier alpha value is -2.92. The molecular formula is C24H27ClN4O5S. The van der Waals surface area contributed by atoms with Gasteiger partial charge in [-0.15, -0.1) is 0 Å². The lowest BCUT2D eigenvalue weighted by Gasteiger charge is -2.25.